The summed E-state index contributed by atoms with van der Waals surface area (Å²) < 4.78 is 1.95. The molecule has 0 aliphatic heterocycles. The fraction of sp³-hybridized carbons (Fsp3) is 0.533. The maximum atomic E-state index is 6.05. The Labute approximate surface area is 120 Å². The number of rotatable bonds is 7. The van der Waals surface area contributed by atoms with Crippen LogP contribution in [0, 0.1) is 0 Å². The number of benzene rings is 1. The van der Waals surface area contributed by atoms with Gasteiger partial charge in [-0.1, -0.05) is 45.2 Å². The molecule has 0 fully saturated rings. The summed E-state index contributed by atoms with van der Waals surface area (Å²) in [5.41, 5.74) is 7.68. The van der Waals surface area contributed by atoms with Crippen molar-refractivity contribution in [3.8, 4) is 11.4 Å². The summed E-state index contributed by atoms with van der Waals surface area (Å²) >= 11 is 0. The normalized spacial score (nSPS) is 12.5. The average molecular weight is 273 g/mol. The molecule has 1 heterocycles. The van der Waals surface area contributed by atoms with Gasteiger partial charge in [-0.05, 0) is 35.4 Å². The molecular formula is C15H23N5. The largest absolute Gasteiger partial charge is 0.398 e. The lowest BCUT2D eigenvalue weighted by atomic mass is 10.0. The molecule has 0 aliphatic carbocycles. The molecule has 0 saturated carbocycles. The topological polar surface area (TPSA) is 69.6 Å². The molecule has 1 atom stereocenters. The molecule has 5 heteroatoms. The highest BCUT2D eigenvalue weighted by Crippen LogP contribution is 2.28. The number of hydrogen-bond acceptors (Lipinski definition) is 4. The van der Waals surface area contributed by atoms with Crippen molar-refractivity contribution in [1.82, 2.24) is 20.2 Å². The lowest BCUT2D eigenvalue weighted by molar-refractivity contribution is 0.380. The van der Waals surface area contributed by atoms with Gasteiger partial charge in [0.25, 0.3) is 0 Å². The van der Waals surface area contributed by atoms with Crippen molar-refractivity contribution in [3.63, 3.8) is 0 Å². The average Bonchev–Trinajstić information content (AvgIpc) is 2.93. The number of nitrogen functional groups attached to an aromatic ring is 1. The highest BCUT2D eigenvalue weighted by Gasteiger charge is 2.18. The van der Waals surface area contributed by atoms with Gasteiger partial charge in [-0.15, -0.1) is 5.10 Å². The third kappa shape index (κ3) is 3.15. The predicted octanol–water partition coefficient (Wildman–Crippen LogP) is 3.45. The van der Waals surface area contributed by atoms with Gasteiger partial charge < -0.3 is 5.73 Å². The van der Waals surface area contributed by atoms with Crippen molar-refractivity contribution >= 4 is 5.69 Å². The van der Waals surface area contributed by atoms with Gasteiger partial charge in [-0.25, -0.2) is 4.68 Å². The van der Waals surface area contributed by atoms with Crippen molar-refractivity contribution in [2.45, 2.75) is 52.0 Å². The maximum Gasteiger partial charge on any atom is 0.184 e. The molecule has 5 nitrogen and oxygen atoms in total. The number of tetrazole rings is 1. The van der Waals surface area contributed by atoms with Gasteiger partial charge in [0.05, 0.1) is 6.04 Å². The van der Waals surface area contributed by atoms with Crippen molar-refractivity contribution in [2.24, 2.45) is 0 Å². The first-order chi connectivity index (χ1) is 9.77. The van der Waals surface area contributed by atoms with E-state index in [1.807, 2.05) is 28.9 Å². The van der Waals surface area contributed by atoms with Crippen LogP contribution in [-0.2, 0) is 0 Å². The number of aromatic nitrogens is 4. The minimum Gasteiger partial charge on any atom is -0.398 e. The molecule has 20 heavy (non-hydrogen) atoms. The Morgan fingerprint density at radius 3 is 2.65 bits per heavy atom. The molecule has 0 radical (unpaired) electrons. The molecular weight excluding hydrogens is 250 g/mol. The number of hydrogen-bond donors (Lipinski definition) is 1. The third-order valence-electron chi connectivity index (χ3n) is 3.55. The first kappa shape index (κ1) is 14.5. The van der Waals surface area contributed by atoms with E-state index in [0.717, 1.165) is 30.7 Å². The summed E-state index contributed by atoms with van der Waals surface area (Å²) in [6.07, 6.45) is 5.69. The summed E-state index contributed by atoms with van der Waals surface area (Å²) in [4.78, 5) is 0. The highest BCUT2D eigenvalue weighted by molar-refractivity contribution is 5.71. The standard InChI is InChI=1S/C15H23N5/c1-3-5-9-12(8-4-2)20-15(17-18-19-20)13-10-6-7-11-14(13)16/h6-7,10-12H,3-5,8-9,16H2,1-2H3. The molecule has 108 valence electrons. The predicted molar refractivity (Wildman–Crippen MR) is 81.1 cm³/mol. The molecule has 0 amide bonds. The molecule has 1 aromatic carbocycles. The second-order valence-electron chi connectivity index (χ2n) is 5.12. The molecule has 2 aromatic rings. The lowest BCUT2D eigenvalue weighted by Crippen LogP contribution is -2.13. The van der Waals surface area contributed by atoms with Gasteiger partial charge in [0.15, 0.2) is 5.82 Å². The molecule has 1 unspecified atom stereocenters. The van der Waals surface area contributed by atoms with Crippen molar-refractivity contribution in [1.29, 1.82) is 0 Å². The van der Waals surface area contributed by atoms with Crippen LogP contribution in [0.1, 0.15) is 52.0 Å². The summed E-state index contributed by atoms with van der Waals surface area (Å²) in [6, 6.07) is 8.10. The van der Waals surface area contributed by atoms with Crippen LogP contribution in [0.4, 0.5) is 5.69 Å². The quantitative estimate of drug-likeness (QED) is 0.784. The van der Waals surface area contributed by atoms with Gasteiger partial charge in [0.1, 0.15) is 0 Å². The molecule has 2 rings (SSSR count). The zero-order chi connectivity index (χ0) is 14.4. The number of unbranched alkanes of at least 4 members (excludes halogenated alkanes) is 1. The minimum absolute atomic E-state index is 0.351. The van der Waals surface area contributed by atoms with E-state index in [-0.39, 0.29) is 0 Å². The van der Waals surface area contributed by atoms with Crippen LogP contribution in [0.3, 0.4) is 0 Å². The van der Waals surface area contributed by atoms with E-state index in [9.17, 15) is 0 Å². The Kier molecular flexibility index (Phi) is 5.09. The van der Waals surface area contributed by atoms with E-state index in [1.54, 1.807) is 0 Å². The summed E-state index contributed by atoms with van der Waals surface area (Å²) in [7, 11) is 0. The Morgan fingerprint density at radius 2 is 1.95 bits per heavy atom. The molecule has 0 bridgehead atoms. The molecule has 2 N–H and O–H groups in total. The molecule has 0 spiro atoms. The van der Waals surface area contributed by atoms with Crippen LogP contribution in [0.5, 0.6) is 0 Å². The molecule has 0 saturated heterocycles. The van der Waals surface area contributed by atoms with E-state index >= 15 is 0 Å². The van der Waals surface area contributed by atoms with Crippen molar-refractivity contribution < 1.29 is 0 Å². The smallest absolute Gasteiger partial charge is 0.184 e. The van der Waals surface area contributed by atoms with E-state index in [0.29, 0.717) is 11.7 Å². The van der Waals surface area contributed by atoms with Crippen molar-refractivity contribution in [3.05, 3.63) is 24.3 Å². The SMILES string of the molecule is CCCCC(CCC)n1nnnc1-c1ccccc1N. The van der Waals surface area contributed by atoms with Gasteiger partial charge >= 0.3 is 0 Å². The molecule has 1 aromatic heterocycles. The summed E-state index contributed by atoms with van der Waals surface area (Å²) in [5, 5.41) is 12.2. The van der Waals surface area contributed by atoms with Gasteiger partial charge in [0.2, 0.25) is 0 Å². The van der Waals surface area contributed by atoms with Gasteiger partial charge in [0, 0.05) is 11.3 Å². The fourth-order valence-electron chi connectivity index (χ4n) is 2.48. The highest BCUT2D eigenvalue weighted by atomic mass is 15.5. The van der Waals surface area contributed by atoms with E-state index in [1.165, 1.54) is 12.8 Å². The monoisotopic (exact) mass is 273 g/mol. The number of para-hydroxylation sites is 1. The number of nitrogens with zero attached hydrogens (tertiary/aromatic N) is 4. The van der Waals surface area contributed by atoms with Gasteiger partial charge in [-0.2, -0.15) is 0 Å². The first-order valence-corrected chi connectivity index (χ1v) is 7.40. The molecule has 0 aliphatic rings. The summed E-state index contributed by atoms with van der Waals surface area (Å²) in [5.74, 6) is 0.776. The zero-order valence-electron chi connectivity index (χ0n) is 12.3. The maximum absolute atomic E-state index is 6.05. The number of nitrogens with two attached hydrogens (primary N) is 1. The van der Waals surface area contributed by atoms with Crippen molar-refractivity contribution in [2.75, 3.05) is 5.73 Å². The number of anilines is 1. The lowest BCUT2D eigenvalue weighted by Gasteiger charge is -2.17. The Bertz CT molecular complexity index is 535. The summed E-state index contributed by atoms with van der Waals surface area (Å²) in [6.45, 7) is 4.40. The van der Waals surface area contributed by atoms with Crippen LogP contribution in [-0.4, -0.2) is 20.2 Å². The Morgan fingerprint density at radius 1 is 1.15 bits per heavy atom. The van der Waals surface area contributed by atoms with Crippen LogP contribution in [0.15, 0.2) is 24.3 Å². The second-order valence-corrected chi connectivity index (χ2v) is 5.12. The van der Waals surface area contributed by atoms with Crippen LogP contribution >= 0.6 is 0 Å². The van der Waals surface area contributed by atoms with E-state index in [4.69, 9.17) is 5.73 Å². The minimum atomic E-state index is 0.351. The van der Waals surface area contributed by atoms with Gasteiger partial charge in [-0.3, -0.25) is 0 Å². The van der Waals surface area contributed by atoms with Crippen LogP contribution in [0.2, 0.25) is 0 Å². The van der Waals surface area contributed by atoms with Crippen LogP contribution < -0.4 is 5.73 Å². The van der Waals surface area contributed by atoms with Crippen LogP contribution in [0.25, 0.3) is 11.4 Å². The van der Waals surface area contributed by atoms with E-state index in [2.05, 4.69) is 29.4 Å². The fourth-order valence-corrected chi connectivity index (χ4v) is 2.48. The Hall–Kier alpha value is -1.91. The third-order valence-corrected chi connectivity index (χ3v) is 3.55. The zero-order valence-corrected chi connectivity index (χ0v) is 12.3. The first-order valence-electron chi connectivity index (χ1n) is 7.40. The second kappa shape index (κ2) is 7.03. The Balaban J connectivity index is 2.33. The van der Waals surface area contributed by atoms with E-state index < -0.39 is 0 Å².